The molecule has 0 amide bonds. The second kappa shape index (κ2) is 4.80. The number of rotatable bonds is 2. The van der Waals surface area contributed by atoms with Gasteiger partial charge in [0, 0.05) is 18.7 Å². The molecular formula is C13H13N3O2. The first-order chi connectivity index (χ1) is 8.86. The van der Waals surface area contributed by atoms with Gasteiger partial charge < -0.3 is 10.1 Å². The van der Waals surface area contributed by atoms with Gasteiger partial charge in [0.1, 0.15) is 12.4 Å². The van der Waals surface area contributed by atoms with Gasteiger partial charge in [-0.3, -0.25) is 9.78 Å². The number of nitrogens with one attached hydrogen (secondary N) is 1. The van der Waals surface area contributed by atoms with Crippen LogP contribution in [0.2, 0.25) is 0 Å². The van der Waals surface area contributed by atoms with Crippen LogP contribution >= 0.6 is 0 Å². The Labute approximate surface area is 104 Å². The minimum absolute atomic E-state index is 0.0597. The van der Waals surface area contributed by atoms with E-state index in [4.69, 9.17) is 4.74 Å². The maximum absolute atomic E-state index is 10.8. The Morgan fingerprint density at radius 1 is 1.39 bits per heavy atom. The van der Waals surface area contributed by atoms with Crippen molar-refractivity contribution in [2.45, 2.75) is 6.10 Å². The Kier molecular flexibility index (Phi) is 3.00. The summed E-state index contributed by atoms with van der Waals surface area (Å²) in [5.41, 5.74) is 2.92. The standard InChI is InChI=1S/C13H13N3O2/c17-8-9-1-2-10-11(5-9)16-12(6-15-10)13-7-14-3-4-18-13/h1-2,5-6,8,13-14H,3-4,7H2. The third kappa shape index (κ3) is 2.10. The van der Waals surface area contributed by atoms with Gasteiger partial charge in [-0.15, -0.1) is 0 Å². The molecular weight excluding hydrogens is 230 g/mol. The van der Waals surface area contributed by atoms with E-state index in [1.165, 1.54) is 0 Å². The number of nitrogens with zero attached hydrogens (tertiary/aromatic N) is 2. The zero-order valence-corrected chi connectivity index (χ0v) is 9.80. The average Bonchev–Trinajstić information content (AvgIpc) is 2.47. The summed E-state index contributed by atoms with van der Waals surface area (Å²) in [6.07, 6.45) is 2.49. The van der Waals surface area contributed by atoms with E-state index in [2.05, 4.69) is 15.3 Å². The van der Waals surface area contributed by atoms with Gasteiger partial charge in [0.05, 0.1) is 29.5 Å². The number of aromatic nitrogens is 2. The molecule has 1 fully saturated rings. The summed E-state index contributed by atoms with van der Waals surface area (Å²) in [7, 11) is 0. The molecule has 1 atom stereocenters. The Morgan fingerprint density at radius 3 is 3.11 bits per heavy atom. The number of hydrogen-bond donors (Lipinski definition) is 1. The number of benzene rings is 1. The second-order valence-corrected chi connectivity index (χ2v) is 4.22. The van der Waals surface area contributed by atoms with Crippen LogP contribution in [0, 0.1) is 0 Å². The minimum atomic E-state index is -0.0597. The van der Waals surface area contributed by atoms with Crippen LogP contribution in [0.15, 0.2) is 24.4 Å². The van der Waals surface area contributed by atoms with Gasteiger partial charge in [-0.1, -0.05) is 0 Å². The zero-order valence-electron chi connectivity index (χ0n) is 9.80. The van der Waals surface area contributed by atoms with Crippen LogP contribution in [0.5, 0.6) is 0 Å². The van der Waals surface area contributed by atoms with E-state index >= 15 is 0 Å². The van der Waals surface area contributed by atoms with E-state index in [9.17, 15) is 4.79 Å². The van der Waals surface area contributed by atoms with Crippen LogP contribution < -0.4 is 5.32 Å². The van der Waals surface area contributed by atoms with E-state index in [0.29, 0.717) is 12.2 Å². The normalized spacial score (nSPS) is 19.9. The van der Waals surface area contributed by atoms with Gasteiger partial charge >= 0.3 is 0 Å². The van der Waals surface area contributed by atoms with Crippen LogP contribution in [0.3, 0.4) is 0 Å². The summed E-state index contributed by atoms with van der Waals surface area (Å²) >= 11 is 0. The van der Waals surface area contributed by atoms with Crippen LogP contribution in [0.4, 0.5) is 0 Å². The van der Waals surface area contributed by atoms with E-state index in [1.54, 1.807) is 24.4 Å². The van der Waals surface area contributed by atoms with Crippen molar-refractivity contribution in [3.05, 3.63) is 35.7 Å². The first kappa shape index (κ1) is 11.3. The highest BCUT2D eigenvalue weighted by molar-refractivity contribution is 5.84. The minimum Gasteiger partial charge on any atom is -0.369 e. The SMILES string of the molecule is O=Cc1ccc2ncc(C3CNCCO3)nc2c1. The third-order valence-electron chi connectivity index (χ3n) is 2.98. The molecule has 0 spiro atoms. The zero-order chi connectivity index (χ0) is 12.4. The van der Waals surface area contributed by atoms with E-state index in [-0.39, 0.29) is 6.10 Å². The lowest BCUT2D eigenvalue weighted by Crippen LogP contribution is -2.33. The Balaban J connectivity index is 2.00. The fraction of sp³-hybridized carbons (Fsp3) is 0.308. The van der Waals surface area contributed by atoms with Crippen LogP contribution in [-0.2, 0) is 4.74 Å². The molecule has 1 aromatic carbocycles. The first-order valence-corrected chi connectivity index (χ1v) is 5.91. The molecule has 0 saturated carbocycles. The third-order valence-corrected chi connectivity index (χ3v) is 2.98. The van der Waals surface area contributed by atoms with Gasteiger partial charge in [-0.25, -0.2) is 4.98 Å². The smallest absolute Gasteiger partial charge is 0.150 e. The van der Waals surface area contributed by atoms with Gasteiger partial charge in [-0.2, -0.15) is 0 Å². The van der Waals surface area contributed by atoms with Gasteiger partial charge in [0.25, 0.3) is 0 Å². The van der Waals surface area contributed by atoms with Crippen molar-refractivity contribution in [1.29, 1.82) is 0 Å². The lowest BCUT2D eigenvalue weighted by Gasteiger charge is -2.22. The fourth-order valence-corrected chi connectivity index (χ4v) is 2.03. The Hall–Kier alpha value is -1.85. The van der Waals surface area contributed by atoms with E-state index in [1.807, 2.05) is 0 Å². The highest BCUT2D eigenvalue weighted by Crippen LogP contribution is 2.19. The van der Waals surface area contributed by atoms with Gasteiger partial charge in [-0.05, 0) is 18.2 Å². The molecule has 2 aromatic rings. The largest absolute Gasteiger partial charge is 0.369 e. The molecule has 0 radical (unpaired) electrons. The van der Waals surface area contributed by atoms with Crippen LogP contribution in [0.1, 0.15) is 22.2 Å². The highest BCUT2D eigenvalue weighted by Gasteiger charge is 2.17. The molecule has 0 bridgehead atoms. The quantitative estimate of drug-likeness (QED) is 0.800. The fourth-order valence-electron chi connectivity index (χ4n) is 2.03. The number of carbonyl (C=O) groups is 1. The van der Waals surface area contributed by atoms with Gasteiger partial charge in [0.15, 0.2) is 0 Å². The molecule has 5 nitrogen and oxygen atoms in total. The first-order valence-electron chi connectivity index (χ1n) is 5.91. The maximum atomic E-state index is 10.8. The molecule has 5 heteroatoms. The lowest BCUT2D eigenvalue weighted by molar-refractivity contribution is 0.0250. The molecule has 1 unspecified atom stereocenters. The Morgan fingerprint density at radius 2 is 2.33 bits per heavy atom. The topological polar surface area (TPSA) is 64.1 Å². The number of fused-ring (bicyclic) bond motifs is 1. The molecule has 2 heterocycles. The van der Waals surface area contributed by atoms with Crippen molar-refractivity contribution >= 4 is 17.3 Å². The Bertz CT molecular complexity index is 579. The predicted octanol–water partition coefficient (Wildman–Crippen LogP) is 1.10. The number of aldehydes is 1. The van der Waals surface area contributed by atoms with Crippen molar-refractivity contribution in [1.82, 2.24) is 15.3 Å². The molecule has 92 valence electrons. The van der Waals surface area contributed by atoms with Crippen molar-refractivity contribution in [2.75, 3.05) is 19.7 Å². The molecule has 1 aromatic heterocycles. The van der Waals surface area contributed by atoms with Gasteiger partial charge in [0.2, 0.25) is 0 Å². The van der Waals surface area contributed by atoms with Crippen LogP contribution in [0.25, 0.3) is 11.0 Å². The number of hydrogen-bond acceptors (Lipinski definition) is 5. The average molecular weight is 243 g/mol. The van der Waals surface area contributed by atoms with E-state index < -0.39 is 0 Å². The highest BCUT2D eigenvalue weighted by atomic mass is 16.5. The number of ether oxygens (including phenoxy) is 1. The van der Waals surface area contributed by atoms with Crippen LogP contribution in [-0.4, -0.2) is 36.0 Å². The molecule has 18 heavy (non-hydrogen) atoms. The lowest BCUT2D eigenvalue weighted by atomic mass is 10.2. The summed E-state index contributed by atoms with van der Waals surface area (Å²) in [6, 6.07) is 5.28. The van der Waals surface area contributed by atoms with E-state index in [0.717, 1.165) is 36.1 Å². The summed E-state index contributed by atoms with van der Waals surface area (Å²) in [4.78, 5) is 19.6. The number of morpholine rings is 1. The molecule has 1 aliphatic heterocycles. The van der Waals surface area contributed by atoms with Crippen molar-refractivity contribution in [2.24, 2.45) is 0 Å². The van der Waals surface area contributed by atoms with Crippen molar-refractivity contribution < 1.29 is 9.53 Å². The molecule has 3 rings (SSSR count). The second-order valence-electron chi connectivity index (χ2n) is 4.22. The van der Waals surface area contributed by atoms with Crippen molar-refractivity contribution in [3.63, 3.8) is 0 Å². The number of carbonyl (C=O) groups excluding carboxylic acids is 1. The predicted molar refractivity (Wildman–Crippen MR) is 66.5 cm³/mol. The molecule has 1 saturated heterocycles. The summed E-state index contributed by atoms with van der Waals surface area (Å²) < 4.78 is 5.63. The maximum Gasteiger partial charge on any atom is 0.150 e. The monoisotopic (exact) mass is 243 g/mol. The van der Waals surface area contributed by atoms with Crippen molar-refractivity contribution in [3.8, 4) is 0 Å². The molecule has 1 aliphatic rings. The molecule has 1 N–H and O–H groups in total. The summed E-state index contributed by atoms with van der Waals surface area (Å²) in [5.74, 6) is 0. The summed E-state index contributed by atoms with van der Waals surface area (Å²) in [5, 5.41) is 3.25. The summed E-state index contributed by atoms with van der Waals surface area (Å²) in [6.45, 7) is 2.29. The molecule has 0 aliphatic carbocycles.